The second kappa shape index (κ2) is 23.7. The zero-order valence-electron chi connectivity index (χ0n) is 20.5. The van der Waals surface area contributed by atoms with E-state index in [-0.39, 0.29) is 0 Å². The van der Waals surface area contributed by atoms with Gasteiger partial charge in [0.25, 0.3) is 0 Å². The Bertz CT molecular complexity index is 336. The number of hydrogen-bond donors (Lipinski definition) is 3. The Morgan fingerprint density at radius 1 is 0.533 bits per heavy atom. The van der Waals surface area contributed by atoms with Crippen molar-refractivity contribution in [1.82, 2.24) is 0 Å². The quantitative estimate of drug-likeness (QED) is 0.131. The molecule has 0 aliphatic rings. The van der Waals surface area contributed by atoms with Crippen LogP contribution in [-0.2, 0) is 9.30 Å². The fourth-order valence-electron chi connectivity index (χ4n) is 3.38. The van der Waals surface area contributed by atoms with E-state index in [1.165, 1.54) is 103 Å². The molecule has 3 N–H and O–H groups in total. The summed E-state index contributed by atoms with van der Waals surface area (Å²) in [5.41, 5.74) is 0. The van der Waals surface area contributed by atoms with E-state index in [4.69, 9.17) is 24.0 Å². The number of phosphoric acid groups is 1. The molecule has 5 nitrogen and oxygen atoms in total. The van der Waals surface area contributed by atoms with Gasteiger partial charge < -0.3 is 19.4 Å². The first-order valence-corrected chi connectivity index (χ1v) is 14.1. The normalized spacial score (nSPS) is 11.8. The number of ether oxygens (including phenoxy) is 1. The van der Waals surface area contributed by atoms with Crippen LogP contribution in [0.2, 0.25) is 0 Å². The van der Waals surface area contributed by atoms with Crippen LogP contribution < -0.4 is 0 Å². The maximum absolute atomic E-state index is 8.88. The second-order valence-electron chi connectivity index (χ2n) is 9.44. The lowest BCUT2D eigenvalue weighted by Gasteiger charge is -2.06. The number of unbranched alkanes of at least 4 members (excludes halogenated alkanes) is 12. The molecule has 0 aliphatic carbocycles. The highest BCUT2D eigenvalue weighted by molar-refractivity contribution is 7.45. The lowest BCUT2D eigenvalue weighted by atomic mass is 10.0. The summed E-state index contributed by atoms with van der Waals surface area (Å²) < 4.78 is 14.7. The van der Waals surface area contributed by atoms with Crippen LogP contribution in [0.3, 0.4) is 0 Å². The van der Waals surface area contributed by atoms with Gasteiger partial charge in [0, 0.05) is 13.2 Å². The molecule has 0 heterocycles. The average Bonchev–Trinajstić information content (AvgIpc) is 2.61. The Balaban J connectivity index is 0. The highest BCUT2D eigenvalue weighted by atomic mass is 31.2. The zero-order chi connectivity index (χ0) is 23.1. The highest BCUT2D eigenvalue weighted by Gasteiger charge is 2.00. The fraction of sp³-hybridized carbons (Fsp3) is 1.00. The van der Waals surface area contributed by atoms with Crippen LogP contribution in [0.5, 0.6) is 0 Å². The van der Waals surface area contributed by atoms with Crippen molar-refractivity contribution in [1.29, 1.82) is 0 Å². The van der Waals surface area contributed by atoms with Crippen molar-refractivity contribution in [3.63, 3.8) is 0 Å². The summed E-state index contributed by atoms with van der Waals surface area (Å²) in [6, 6.07) is 0. The maximum Gasteiger partial charge on any atom is 0.466 e. The molecule has 6 heteroatoms. The van der Waals surface area contributed by atoms with Gasteiger partial charge in [0.2, 0.25) is 0 Å². The minimum atomic E-state index is -4.64. The number of rotatable bonds is 20. The molecule has 0 saturated carbocycles. The van der Waals surface area contributed by atoms with E-state index in [0.29, 0.717) is 0 Å². The zero-order valence-corrected chi connectivity index (χ0v) is 21.4. The van der Waals surface area contributed by atoms with Crippen LogP contribution in [0.15, 0.2) is 0 Å². The van der Waals surface area contributed by atoms with Gasteiger partial charge >= 0.3 is 7.82 Å². The Morgan fingerprint density at radius 2 is 0.767 bits per heavy atom. The predicted octanol–water partition coefficient (Wildman–Crippen LogP) is 7.63. The molecule has 0 aromatic heterocycles. The summed E-state index contributed by atoms with van der Waals surface area (Å²) in [5.74, 6) is 1.76. The van der Waals surface area contributed by atoms with E-state index in [0.717, 1.165) is 25.0 Å². The summed E-state index contributed by atoms with van der Waals surface area (Å²) in [6.45, 7) is 11.3. The molecule has 184 valence electrons. The molecule has 0 unspecified atom stereocenters. The van der Waals surface area contributed by atoms with E-state index < -0.39 is 7.82 Å². The van der Waals surface area contributed by atoms with Crippen LogP contribution in [0, 0.1) is 11.8 Å². The van der Waals surface area contributed by atoms with Crippen molar-refractivity contribution < 1.29 is 24.0 Å². The second-order valence-corrected chi connectivity index (χ2v) is 10.5. The van der Waals surface area contributed by atoms with Crippen molar-refractivity contribution in [2.24, 2.45) is 11.8 Å². The van der Waals surface area contributed by atoms with Crippen LogP contribution >= 0.6 is 7.82 Å². The van der Waals surface area contributed by atoms with E-state index >= 15 is 0 Å². The lowest BCUT2D eigenvalue weighted by molar-refractivity contribution is 0.125. The van der Waals surface area contributed by atoms with E-state index in [2.05, 4.69) is 27.7 Å². The summed E-state index contributed by atoms with van der Waals surface area (Å²) >= 11 is 0. The molecule has 0 bridgehead atoms. The molecular weight excluding hydrogens is 399 g/mol. The van der Waals surface area contributed by atoms with Gasteiger partial charge in [0.1, 0.15) is 0 Å². The molecule has 0 amide bonds. The fourth-order valence-corrected chi connectivity index (χ4v) is 3.38. The van der Waals surface area contributed by atoms with Gasteiger partial charge in [-0.05, 0) is 24.7 Å². The van der Waals surface area contributed by atoms with Gasteiger partial charge in [-0.2, -0.15) is 0 Å². The third-order valence-electron chi connectivity index (χ3n) is 5.14. The standard InChI is InChI=1S/C24H50O.H3O4P/c1-23(2)19-15-11-7-5-9-13-17-21-25-22-18-14-10-6-8-12-16-20-24(3)4;1-5(2,3)4/h23-24H,5-22H2,1-4H3;(H3,1,2,3,4). The minimum Gasteiger partial charge on any atom is -0.381 e. The highest BCUT2D eigenvalue weighted by Crippen LogP contribution is 2.25. The molecule has 0 rings (SSSR count). The third-order valence-corrected chi connectivity index (χ3v) is 5.14. The van der Waals surface area contributed by atoms with Gasteiger partial charge in [0.15, 0.2) is 0 Å². The van der Waals surface area contributed by atoms with Crippen LogP contribution in [-0.4, -0.2) is 27.9 Å². The van der Waals surface area contributed by atoms with Crippen molar-refractivity contribution >= 4 is 7.82 Å². The van der Waals surface area contributed by atoms with E-state index in [1.807, 2.05) is 0 Å². The third kappa shape index (κ3) is 42.2. The van der Waals surface area contributed by atoms with E-state index in [1.54, 1.807) is 0 Å². The van der Waals surface area contributed by atoms with Crippen molar-refractivity contribution in [3.8, 4) is 0 Å². The molecular formula is C24H53O5P. The molecule has 0 saturated heterocycles. The smallest absolute Gasteiger partial charge is 0.381 e. The Hall–Kier alpha value is 0.0700. The molecule has 30 heavy (non-hydrogen) atoms. The van der Waals surface area contributed by atoms with Gasteiger partial charge in [-0.25, -0.2) is 4.57 Å². The van der Waals surface area contributed by atoms with Gasteiger partial charge in [-0.1, -0.05) is 118 Å². The van der Waals surface area contributed by atoms with Gasteiger partial charge in [0.05, 0.1) is 0 Å². The summed E-state index contributed by atoms with van der Waals surface area (Å²) in [6.07, 6.45) is 22.3. The van der Waals surface area contributed by atoms with Gasteiger partial charge in [-0.15, -0.1) is 0 Å². The summed E-state index contributed by atoms with van der Waals surface area (Å²) in [7, 11) is -4.64. The largest absolute Gasteiger partial charge is 0.466 e. The molecule has 0 fully saturated rings. The first-order chi connectivity index (χ1) is 14.1. The Labute approximate surface area is 187 Å². The van der Waals surface area contributed by atoms with Crippen LogP contribution in [0.1, 0.15) is 130 Å². The van der Waals surface area contributed by atoms with Crippen molar-refractivity contribution in [2.45, 2.75) is 130 Å². The van der Waals surface area contributed by atoms with Crippen molar-refractivity contribution in [2.75, 3.05) is 13.2 Å². The van der Waals surface area contributed by atoms with E-state index in [9.17, 15) is 0 Å². The van der Waals surface area contributed by atoms with Crippen LogP contribution in [0.25, 0.3) is 0 Å². The summed E-state index contributed by atoms with van der Waals surface area (Å²) in [4.78, 5) is 21.6. The molecule has 0 aromatic carbocycles. The summed E-state index contributed by atoms with van der Waals surface area (Å²) in [5, 5.41) is 0. The molecule has 0 spiro atoms. The first kappa shape index (κ1) is 32.3. The van der Waals surface area contributed by atoms with Gasteiger partial charge in [-0.3, -0.25) is 0 Å². The SMILES string of the molecule is CC(C)CCCCCCCCCOCCCCCCCCCC(C)C.O=P(O)(O)O. The Kier molecular flexibility index (Phi) is 25.5. The molecule has 0 aromatic rings. The van der Waals surface area contributed by atoms with Crippen LogP contribution in [0.4, 0.5) is 0 Å². The maximum atomic E-state index is 8.88. The topological polar surface area (TPSA) is 87.0 Å². The predicted molar refractivity (Wildman–Crippen MR) is 129 cm³/mol. The molecule has 0 atom stereocenters. The number of hydrogen-bond acceptors (Lipinski definition) is 2. The minimum absolute atomic E-state index is 0.881. The molecule has 0 aliphatic heterocycles. The average molecular weight is 453 g/mol. The monoisotopic (exact) mass is 452 g/mol. The molecule has 0 radical (unpaired) electrons. The lowest BCUT2D eigenvalue weighted by Crippen LogP contribution is -1.97. The first-order valence-electron chi connectivity index (χ1n) is 12.5. The Morgan fingerprint density at radius 3 is 1.03 bits per heavy atom. The van der Waals surface area contributed by atoms with Crippen molar-refractivity contribution in [3.05, 3.63) is 0 Å².